The summed E-state index contributed by atoms with van der Waals surface area (Å²) in [5.41, 5.74) is 1.22. The summed E-state index contributed by atoms with van der Waals surface area (Å²) < 4.78 is 14.6. The first-order valence-electron chi connectivity index (χ1n) is 5.29. The highest BCUT2D eigenvalue weighted by molar-refractivity contribution is 7.46. The molecule has 0 aromatic rings. The van der Waals surface area contributed by atoms with Gasteiger partial charge >= 0.3 is 13.8 Å². The highest BCUT2D eigenvalue weighted by Crippen LogP contribution is 2.37. The van der Waals surface area contributed by atoms with Crippen molar-refractivity contribution in [3.8, 4) is 0 Å². The van der Waals surface area contributed by atoms with Crippen molar-refractivity contribution in [2.75, 3.05) is 0 Å². The van der Waals surface area contributed by atoms with Crippen LogP contribution in [-0.4, -0.2) is 15.8 Å². The molecule has 0 amide bonds. The van der Waals surface area contributed by atoms with E-state index in [-0.39, 0.29) is 0 Å². The first-order chi connectivity index (χ1) is 7.31. The fourth-order valence-corrected chi connectivity index (χ4v) is 1.75. The molecule has 5 nitrogen and oxygen atoms in total. The molecule has 0 atom stereocenters. The second kappa shape index (κ2) is 6.84. The third kappa shape index (κ3) is 6.05. The Morgan fingerprint density at radius 3 is 2.06 bits per heavy atom. The first kappa shape index (κ1) is 15.4. The average Bonchev–Trinajstić information content (AvgIpc) is 2.11. The zero-order chi connectivity index (χ0) is 12.8. The summed E-state index contributed by atoms with van der Waals surface area (Å²) in [6.45, 7) is 5.65. The Balaban J connectivity index is 4.85. The van der Waals surface area contributed by atoms with E-state index >= 15 is 0 Å². The molecular formula is C10H19O5P. The van der Waals surface area contributed by atoms with Gasteiger partial charge in [0, 0.05) is 5.57 Å². The highest BCUT2D eigenvalue weighted by atomic mass is 31.2. The fraction of sp³-hybridized carbons (Fsp3) is 0.700. The van der Waals surface area contributed by atoms with Gasteiger partial charge in [-0.1, -0.05) is 32.3 Å². The van der Waals surface area contributed by atoms with Crippen LogP contribution in [0.1, 0.15) is 46.5 Å². The van der Waals surface area contributed by atoms with Gasteiger partial charge in [0.25, 0.3) is 0 Å². The summed E-state index contributed by atoms with van der Waals surface area (Å²) in [6, 6.07) is 0. The predicted octanol–water partition coefficient (Wildman–Crippen LogP) is 2.54. The second-order valence-corrected chi connectivity index (χ2v) is 4.79. The molecule has 0 saturated carbocycles. The van der Waals surface area contributed by atoms with Crippen LogP contribution in [0.25, 0.3) is 0 Å². The van der Waals surface area contributed by atoms with Gasteiger partial charge in [-0.15, -0.1) is 0 Å². The normalized spacial score (nSPS) is 13.3. The summed E-state index contributed by atoms with van der Waals surface area (Å²) in [6.07, 6.45) is 2.81. The number of rotatable bonds is 6. The number of phosphoric acid groups is 1. The maximum atomic E-state index is 11.5. The summed E-state index contributed by atoms with van der Waals surface area (Å²) in [7, 11) is -4.74. The monoisotopic (exact) mass is 250 g/mol. The molecule has 6 heteroatoms. The third-order valence-corrected chi connectivity index (χ3v) is 2.49. The zero-order valence-corrected chi connectivity index (χ0v) is 10.8. The van der Waals surface area contributed by atoms with Crippen LogP contribution in [0.15, 0.2) is 11.1 Å². The van der Waals surface area contributed by atoms with Gasteiger partial charge in [0.2, 0.25) is 0 Å². The minimum absolute atomic E-state index is 0.382. The van der Waals surface area contributed by atoms with Crippen molar-refractivity contribution in [3.63, 3.8) is 0 Å². The van der Waals surface area contributed by atoms with Crippen LogP contribution >= 0.6 is 7.82 Å². The predicted molar refractivity (Wildman–Crippen MR) is 60.7 cm³/mol. The second-order valence-electron chi connectivity index (χ2n) is 3.63. The lowest BCUT2D eigenvalue weighted by Crippen LogP contribution is -2.08. The van der Waals surface area contributed by atoms with Gasteiger partial charge in [0.15, 0.2) is 0 Å². The molecule has 0 spiro atoms. The number of hydrogen-bond acceptors (Lipinski definition) is 3. The zero-order valence-electron chi connectivity index (χ0n) is 9.89. The van der Waals surface area contributed by atoms with Gasteiger partial charge in [-0.05, 0) is 19.8 Å². The minimum atomic E-state index is -4.74. The molecule has 2 N–H and O–H groups in total. The SMILES string of the molecule is CCCC(C)=C(CCC)C(=O)OP(=O)(O)O. The Hall–Kier alpha value is -0.640. The molecule has 0 bridgehead atoms. The Morgan fingerprint density at radius 2 is 1.69 bits per heavy atom. The summed E-state index contributed by atoms with van der Waals surface area (Å²) >= 11 is 0. The van der Waals surface area contributed by atoms with E-state index in [9.17, 15) is 9.36 Å². The van der Waals surface area contributed by atoms with E-state index in [0.29, 0.717) is 12.0 Å². The Bertz CT molecular complexity index is 315. The van der Waals surface area contributed by atoms with Crippen molar-refractivity contribution < 1.29 is 23.7 Å². The lowest BCUT2D eigenvalue weighted by Gasteiger charge is -2.11. The molecule has 0 heterocycles. The summed E-state index contributed by atoms with van der Waals surface area (Å²) in [5.74, 6) is -0.902. The molecule has 0 aromatic carbocycles. The quantitative estimate of drug-likeness (QED) is 0.559. The van der Waals surface area contributed by atoms with E-state index in [1.807, 2.05) is 13.8 Å². The van der Waals surface area contributed by atoms with Crippen LogP contribution in [0.5, 0.6) is 0 Å². The van der Waals surface area contributed by atoms with Crippen LogP contribution in [0.3, 0.4) is 0 Å². The van der Waals surface area contributed by atoms with Crippen molar-refractivity contribution in [1.82, 2.24) is 0 Å². The first-order valence-corrected chi connectivity index (χ1v) is 6.83. The molecule has 0 aromatic heterocycles. The Labute approximate surface area is 95.7 Å². The summed E-state index contributed by atoms with van der Waals surface area (Å²) in [5, 5.41) is 0. The van der Waals surface area contributed by atoms with Crippen LogP contribution in [-0.2, 0) is 13.9 Å². The van der Waals surface area contributed by atoms with Crippen LogP contribution < -0.4 is 0 Å². The van der Waals surface area contributed by atoms with E-state index in [1.54, 1.807) is 6.92 Å². The number of allylic oxidation sites excluding steroid dienone is 1. The molecule has 94 valence electrons. The van der Waals surface area contributed by atoms with E-state index in [1.165, 1.54) is 0 Å². The number of carbonyl (C=O) groups excluding carboxylic acids is 1. The van der Waals surface area contributed by atoms with E-state index in [2.05, 4.69) is 4.52 Å². The van der Waals surface area contributed by atoms with Gasteiger partial charge in [-0.25, -0.2) is 9.36 Å². The third-order valence-electron chi connectivity index (χ3n) is 2.09. The van der Waals surface area contributed by atoms with Crippen LogP contribution in [0.4, 0.5) is 0 Å². The number of carbonyl (C=O) groups is 1. The molecule has 0 radical (unpaired) electrons. The molecule has 0 unspecified atom stereocenters. The Kier molecular flexibility index (Phi) is 6.56. The number of phosphoric ester groups is 1. The van der Waals surface area contributed by atoms with Gasteiger partial charge in [-0.3, -0.25) is 9.79 Å². The molecule has 0 aliphatic carbocycles. The van der Waals surface area contributed by atoms with Gasteiger partial charge < -0.3 is 4.52 Å². The van der Waals surface area contributed by atoms with Crippen molar-refractivity contribution in [3.05, 3.63) is 11.1 Å². The topological polar surface area (TPSA) is 83.8 Å². The van der Waals surface area contributed by atoms with Crippen LogP contribution in [0.2, 0.25) is 0 Å². The smallest absolute Gasteiger partial charge is 0.367 e. The van der Waals surface area contributed by atoms with Crippen molar-refractivity contribution >= 4 is 13.8 Å². The van der Waals surface area contributed by atoms with E-state index in [4.69, 9.17) is 9.79 Å². The molecule has 0 aliphatic rings. The molecule has 0 fully saturated rings. The molecule has 0 rings (SSSR count). The van der Waals surface area contributed by atoms with Crippen molar-refractivity contribution in [2.24, 2.45) is 0 Å². The molecule has 16 heavy (non-hydrogen) atoms. The maximum Gasteiger partial charge on any atom is 0.527 e. The largest absolute Gasteiger partial charge is 0.527 e. The lowest BCUT2D eigenvalue weighted by atomic mass is 10.0. The standard InChI is InChI=1S/C10H19O5P/c1-4-6-8(3)9(7-5-2)10(11)15-16(12,13)14/h4-7H2,1-3H3,(H2,12,13,14). The van der Waals surface area contributed by atoms with Gasteiger partial charge in [-0.2, -0.15) is 0 Å². The maximum absolute atomic E-state index is 11.5. The molecular weight excluding hydrogens is 231 g/mol. The van der Waals surface area contributed by atoms with Crippen molar-refractivity contribution in [1.29, 1.82) is 0 Å². The van der Waals surface area contributed by atoms with Crippen LogP contribution in [0, 0.1) is 0 Å². The van der Waals surface area contributed by atoms with Gasteiger partial charge in [0.05, 0.1) is 0 Å². The van der Waals surface area contributed by atoms with Crippen molar-refractivity contribution in [2.45, 2.75) is 46.5 Å². The Morgan fingerprint density at radius 1 is 1.19 bits per heavy atom. The van der Waals surface area contributed by atoms with E-state index < -0.39 is 13.8 Å². The van der Waals surface area contributed by atoms with E-state index in [0.717, 1.165) is 24.8 Å². The van der Waals surface area contributed by atoms with Gasteiger partial charge in [0.1, 0.15) is 0 Å². The molecule has 0 aliphatic heterocycles. The number of hydrogen-bond donors (Lipinski definition) is 2. The highest BCUT2D eigenvalue weighted by Gasteiger charge is 2.23. The summed E-state index contributed by atoms with van der Waals surface area (Å²) in [4.78, 5) is 28.6. The average molecular weight is 250 g/mol. The molecule has 0 saturated heterocycles. The minimum Gasteiger partial charge on any atom is -0.367 e. The fourth-order valence-electron chi connectivity index (χ4n) is 1.43. The lowest BCUT2D eigenvalue weighted by molar-refractivity contribution is -0.131.